The Morgan fingerprint density at radius 1 is 1.05 bits per heavy atom. The third-order valence-corrected chi connectivity index (χ3v) is 4.13. The fraction of sp³-hybridized carbons (Fsp3) is 0.118. The maximum Gasteiger partial charge on any atom is 0.310 e. The topological polar surface area (TPSA) is 42.1 Å². The molecular formula is C17H14BrNO2. The molecule has 2 aromatic carbocycles. The summed E-state index contributed by atoms with van der Waals surface area (Å²) in [5.74, 6) is -0.226. The molecule has 0 saturated heterocycles. The first-order valence-electron chi connectivity index (χ1n) is 6.68. The number of nitrogens with one attached hydrogen (secondary N) is 1. The molecule has 0 aliphatic heterocycles. The molecule has 0 fully saturated rings. The van der Waals surface area contributed by atoms with E-state index < -0.39 is 0 Å². The molecule has 3 nitrogen and oxygen atoms in total. The summed E-state index contributed by atoms with van der Waals surface area (Å²) in [6, 6.07) is 15.6. The van der Waals surface area contributed by atoms with E-state index in [9.17, 15) is 4.79 Å². The van der Waals surface area contributed by atoms with Crippen molar-refractivity contribution in [2.45, 2.75) is 13.0 Å². The highest BCUT2D eigenvalue weighted by Gasteiger charge is 2.10. The number of carbonyl (C=O) groups excluding carboxylic acids is 1. The fourth-order valence-corrected chi connectivity index (χ4v) is 2.66. The van der Waals surface area contributed by atoms with Crippen molar-refractivity contribution in [3.63, 3.8) is 0 Å². The molecule has 0 amide bonds. The van der Waals surface area contributed by atoms with Crippen LogP contribution in [0.5, 0.6) is 0 Å². The van der Waals surface area contributed by atoms with Crippen molar-refractivity contribution in [2.24, 2.45) is 0 Å². The van der Waals surface area contributed by atoms with E-state index in [2.05, 4.69) is 20.9 Å². The smallest absolute Gasteiger partial charge is 0.310 e. The van der Waals surface area contributed by atoms with E-state index in [1.807, 2.05) is 54.7 Å². The normalized spacial score (nSPS) is 10.7. The van der Waals surface area contributed by atoms with Crippen LogP contribution in [-0.4, -0.2) is 11.0 Å². The molecule has 0 saturated carbocycles. The van der Waals surface area contributed by atoms with Crippen LogP contribution in [-0.2, 0) is 22.6 Å². The fourth-order valence-electron chi connectivity index (χ4n) is 2.26. The number of rotatable bonds is 4. The zero-order valence-electron chi connectivity index (χ0n) is 11.3. The minimum absolute atomic E-state index is 0.226. The molecule has 0 bridgehead atoms. The first kappa shape index (κ1) is 13.9. The highest BCUT2D eigenvalue weighted by Crippen LogP contribution is 2.20. The lowest BCUT2D eigenvalue weighted by atomic mass is 10.1. The summed E-state index contributed by atoms with van der Waals surface area (Å²) in [5, 5.41) is 1.07. The van der Waals surface area contributed by atoms with Crippen molar-refractivity contribution in [1.82, 2.24) is 4.98 Å². The molecular weight excluding hydrogens is 330 g/mol. The summed E-state index contributed by atoms with van der Waals surface area (Å²) in [7, 11) is 0. The van der Waals surface area contributed by atoms with E-state index >= 15 is 0 Å². The Hall–Kier alpha value is -2.07. The lowest BCUT2D eigenvalue weighted by Gasteiger charge is -2.06. The van der Waals surface area contributed by atoms with E-state index in [1.54, 1.807) is 0 Å². The maximum absolute atomic E-state index is 12.0. The molecule has 4 heteroatoms. The molecule has 0 spiro atoms. The number of para-hydroxylation sites is 1. The van der Waals surface area contributed by atoms with Crippen molar-refractivity contribution in [2.75, 3.05) is 0 Å². The van der Waals surface area contributed by atoms with Crippen molar-refractivity contribution >= 4 is 32.8 Å². The van der Waals surface area contributed by atoms with Crippen LogP contribution in [0.1, 0.15) is 11.1 Å². The number of fused-ring (bicyclic) bond motifs is 1. The van der Waals surface area contributed by atoms with Gasteiger partial charge in [0, 0.05) is 27.1 Å². The van der Waals surface area contributed by atoms with Crippen molar-refractivity contribution in [3.8, 4) is 0 Å². The average Bonchev–Trinajstić information content (AvgIpc) is 2.90. The number of halogens is 1. The second-order valence-corrected chi connectivity index (χ2v) is 5.64. The maximum atomic E-state index is 12.0. The van der Waals surface area contributed by atoms with Gasteiger partial charge in [0.25, 0.3) is 0 Å². The van der Waals surface area contributed by atoms with Gasteiger partial charge in [0.15, 0.2) is 0 Å². The number of ether oxygens (including phenoxy) is 1. The van der Waals surface area contributed by atoms with E-state index in [4.69, 9.17) is 4.74 Å². The van der Waals surface area contributed by atoms with Crippen LogP contribution >= 0.6 is 15.9 Å². The monoisotopic (exact) mass is 343 g/mol. The van der Waals surface area contributed by atoms with Gasteiger partial charge in [0.2, 0.25) is 0 Å². The largest absolute Gasteiger partial charge is 0.461 e. The van der Waals surface area contributed by atoms with Crippen LogP contribution in [0.2, 0.25) is 0 Å². The minimum Gasteiger partial charge on any atom is -0.461 e. The molecule has 0 atom stereocenters. The Morgan fingerprint density at radius 2 is 1.81 bits per heavy atom. The molecule has 1 N–H and O–H groups in total. The Kier molecular flexibility index (Phi) is 4.06. The predicted molar refractivity (Wildman–Crippen MR) is 85.9 cm³/mol. The summed E-state index contributed by atoms with van der Waals surface area (Å²) >= 11 is 3.44. The molecule has 1 aromatic heterocycles. The first-order valence-corrected chi connectivity index (χ1v) is 7.47. The van der Waals surface area contributed by atoms with Gasteiger partial charge >= 0.3 is 5.97 Å². The second-order valence-electron chi connectivity index (χ2n) is 4.79. The van der Waals surface area contributed by atoms with Gasteiger partial charge in [-0.25, -0.2) is 0 Å². The van der Waals surface area contributed by atoms with E-state index in [0.717, 1.165) is 26.5 Å². The van der Waals surface area contributed by atoms with E-state index in [1.165, 1.54) is 0 Å². The summed E-state index contributed by atoms with van der Waals surface area (Å²) in [5.41, 5.74) is 2.96. The third kappa shape index (κ3) is 3.16. The SMILES string of the molecule is O=C(Cc1c[nH]c2ccccc12)OCc1ccccc1Br. The molecule has 1 heterocycles. The van der Waals surface area contributed by atoms with Crippen molar-refractivity contribution in [1.29, 1.82) is 0 Å². The van der Waals surface area contributed by atoms with Gasteiger partial charge in [-0.05, 0) is 17.7 Å². The minimum atomic E-state index is -0.226. The summed E-state index contributed by atoms with van der Waals surface area (Å²) in [6.45, 7) is 0.280. The zero-order chi connectivity index (χ0) is 14.7. The zero-order valence-corrected chi connectivity index (χ0v) is 12.9. The lowest BCUT2D eigenvalue weighted by molar-refractivity contribution is -0.144. The van der Waals surface area contributed by atoms with Crippen LogP contribution < -0.4 is 0 Å². The number of esters is 1. The number of aromatic amines is 1. The highest BCUT2D eigenvalue weighted by molar-refractivity contribution is 9.10. The van der Waals surface area contributed by atoms with Crippen LogP contribution in [0.3, 0.4) is 0 Å². The van der Waals surface area contributed by atoms with Gasteiger partial charge in [0.05, 0.1) is 6.42 Å². The van der Waals surface area contributed by atoms with Gasteiger partial charge < -0.3 is 9.72 Å². The molecule has 0 aliphatic rings. The van der Waals surface area contributed by atoms with Crippen LogP contribution in [0.15, 0.2) is 59.2 Å². The number of hydrogen-bond acceptors (Lipinski definition) is 2. The van der Waals surface area contributed by atoms with E-state index in [0.29, 0.717) is 0 Å². The van der Waals surface area contributed by atoms with Gasteiger partial charge in [-0.15, -0.1) is 0 Å². The molecule has 0 unspecified atom stereocenters. The molecule has 106 valence electrons. The molecule has 21 heavy (non-hydrogen) atoms. The Bertz CT molecular complexity index is 779. The number of carbonyl (C=O) groups is 1. The number of benzene rings is 2. The molecule has 0 radical (unpaired) electrons. The van der Waals surface area contributed by atoms with Crippen LogP contribution in [0, 0.1) is 0 Å². The van der Waals surface area contributed by atoms with Crippen LogP contribution in [0.25, 0.3) is 10.9 Å². The lowest BCUT2D eigenvalue weighted by Crippen LogP contribution is -2.08. The third-order valence-electron chi connectivity index (χ3n) is 3.36. The van der Waals surface area contributed by atoms with Crippen molar-refractivity contribution in [3.05, 3.63) is 70.3 Å². The molecule has 0 aliphatic carbocycles. The summed E-state index contributed by atoms with van der Waals surface area (Å²) in [4.78, 5) is 15.1. The summed E-state index contributed by atoms with van der Waals surface area (Å²) < 4.78 is 6.30. The summed E-state index contributed by atoms with van der Waals surface area (Å²) in [6.07, 6.45) is 2.14. The Labute approximate surface area is 131 Å². The van der Waals surface area contributed by atoms with Gasteiger partial charge in [-0.1, -0.05) is 52.3 Å². The molecule has 3 aromatic rings. The molecule has 3 rings (SSSR count). The predicted octanol–water partition coefficient (Wildman–Crippen LogP) is 4.22. The number of aromatic nitrogens is 1. The number of H-pyrrole nitrogens is 1. The van der Waals surface area contributed by atoms with E-state index in [-0.39, 0.29) is 19.0 Å². The highest BCUT2D eigenvalue weighted by atomic mass is 79.9. The Morgan fingerprint density at radius 3 is 2.67 bits per heavy atom. The number of hydrogen-bond donors (Lipinski definition) is 1. The quantitative estimate of drug-likeness (QED) is 0.720. The van der Waals surface area contributed by atoms with Gasteiger partial charge in [-0.3, -0.25) is 4.79 Å². The Balaban J connectivity index is 1.66. The second kappa shape index (κ2) is 6.14. The average molecular weight is 344 g/mol. The first-order chi connectivity index (χ1) is 10.2. The van der Waals surface area contributed by atoms with Gasteiger partial charge in [0.1, 0.15) is 6.61 Å². The van der Waals surface area contributed by atoms with Crippen molar-refractivity contribution < 1.29 is 9.53 Å². The van der Waals surface area contributed by atoms with Crippen LogP contribution in [0.4, 0.5) is 0 Å². The van der Waals surface area contributed by atoms with Gasteiger partial charge in [-0.2, -0.15) is 0 Å². The standard InChI is InChI=1S/C17H14BrNO2/c18-15-7-3-1-5-12(15)11-21-17(20)9-13-10-19-16-8-4-2-6-14(13)16/h1-8,10,19H,9,11H2.